The fourth-order valence-electron chi connectivity index (χ4n) is 1.48. The summed E-state index contributed by atoms with van der Waals surface area (Å²) in [5, 5.41) is 20.3. The molecule has 0 bridgehead atoms. The lowest BCUT2D eigenvalue weighted by Gasteiger charge is -2.06. The first-order valence-corrected chi connectivity index (χ1v) is 5.98. The average molecular weight is 312 g/mol. The van der Waals surface area contributed by atoms with E-state index in [0.29, 0.717) is 18.7 Å². The molecule has 0 saturated heterocycles. The van der Waals surface area contributed by atoms with E-state index < -0.39 is 4.92 Å². The van der Waals surface area contributed by atoms with Crippen LogP contribution in [0, 0.1) is 10.1 Å². The molecule has 1 heterocycles. The van der Waals surface area contributed by atoms with Crippen LogP contribution in [0.1, 0.15) is 5.82 Å². The molecule has 2 aromatic rings. The summed E-state index contributed by atoms with van der Waals surface area (Å²) in [6.45, 7) is 0.534. The monoisotopic (exact) mass is 311 g/mol. The maximum atomic E-state index is 10.8. The molecule has 94 valence electrons. The van der Waals surface area contributed by atoms with Gasteiger partial charge in [-0.3, -0.25) is 15.2 Å². The van der Waals surface area contributed by atoms with E-state index in [0.717, 1.165) is 10.3 Å². The first-order chi connectivity index (χ1) is 8.66. The average Bonchev–Trinajstić information content (AvgIpc) is 2.82. The number of aromatic nitrogens is 3. The molecule has 8 heteroatoms. The number of hydrogen-bond acceptors (Lipinski definition) is 5. The van der Waals surface area contributed by atoms with Crippen LogP contribution in [0.15, 0.2) is 29.0 Å². The molecule has 1 aromatic heterocycles. The number of nitro benzene ring substituents is 1. The Morgan fingerprint density at radius 3 is 3.00 bits per heavy atom. The van der Waals surface area contributed by atoms with Gasteiger partial charge in [0.1, 0.15) is 17.8 Å². The van der Waals surface area contributed by atoms with E-state index in [1.807, 2.05) is 0 Å². The van der Waals surface area contributed by atoms with Crippen molar-refractivity contribution in [3.05, 3.63) is 44.9 Å². The van der Waals surface area contributed by atoms with Crippen molar-refractivity contribution in [1.82, 2.24) is 15.2 Å². The summed E-state index contributed by atoms with van der Waals surface area (Å²) in [5.41, 5.74) is 0.532. The number of nitro groups is 1. The third kappa shape index (κ3) is 3.04. The van der Waals surface area contributed by atoms with Gasteiger partial charge in [0.2, 0.25) is 0 Å². The summed E-state index contributed by atoms with van der Waals surface area (Å²) >= 11 is 3.28. The summed E-state index contributed by atoms with van der Waals surface area (Å²) in [6.07, 6.45) is 2.04. The highest BCUT2D eigenvalue weighted by atomic mass is 79.9. The Bertz CT molecular complexity index is 543. The molecule has 2 N–H and O–H groups in total. The molecule has 0 fully saturated rings. The Hall–Kier alpha value is -1.96. The molecule has 2 rings (SSSR count). The van der Waals surface area contributed by atoms with Crippen molar-refractivity contribution in [1.29, 1.82) is 0 Å². The Labute approximate surface area is 111 Å². The lowest BCUT2D eigenvalue weighted by molar-refractivity contribution is -0.384. The zero-order chi connectivity index (χ0) is 13.0. The molecule has 0 unspecified atom stereocenters. The molecular weight excluding hydrogens is 302 g/mol. The number of aromatic amines is 1. The van der Waals surface area contributed by atoms with Crippen LogP contribution in [0.2, 0.25) is 0 Å². The largest absolute Gasteiger partial charge is 0.379 e. The number of halogens is 1. The van der Waals surface area contributed by atoms with Crippen LogP contribution in [0.4, 0.5) is 11.4 Å². The minimum atomic E-state index is -0.413. The van der Waals surface area contributed by atoms with Crippen LogP contribution in [-0.4, -0.2) is 26.6 Å². The van der Waals surface area contributed by atoms with Gasteiger partial charge in [0, 0.05) is 23.5 Å². The molecule has 0 saturated carbocycles. The van der Waals surface area contributed by atoms with Crippen molar-refractivity contribution in [2.45, 2.75) is 6.42 Å². The van der Waals surface area contributed by atoms with Gasteiger partial charge in [0.05, 0.1) is 4.92 Å². The Morgan fingerprint density at radius 2 is 2.33 bits per heavy atom. The fourth-order valence-corrected chi connectivity index (χ4v) is 1.84. The van der Waals surface area contributed by atoms with E-state index >= 15 is 0 Å². The first-order valence-electron chi connectivity index (χ1n) is 5.19. The summed E-state index contributed by atoms with van der Waals surface area (Å²) in [7, 11) is 0. The summed E-state index contributed by atoms with van der Waals surface area (Å²) in [4.78, 5) is 14.4. The van der Waals surface area contributed by atoms with Crippen molar-refractivity contribution >= 4 is 27.3 Å². The van der Waals surface area contributed by atoms with Crippen LogP contribution in [0.5, 0.6) is 0 Å². The predicted molar refractivity (Wildman–Crippen MR) is 69.4 cm³/mol. The van der Waals surface area contributed by atoms with Crippen molar-refractivity contribution in [3.8, 4) is 0 Å². The highest BCUT2D eigenvalue weighted by Crippen LogP contribution is 2.27. The third-order valence-electron chi connectivity index (χ3n) is 2.30. The van der Waals surface area contributed by atoms with Crippen LogP contribution in [0.3, 0.4) is 0 Å². The summed E-state index contributed by atoms with van der Waals surface area (Å²) in [6, 6.07) is 4.78. The number of nitrogens with zero attached hydrogens (tertiary/aromatic N) is 3. The zero-order valence-corrected chi connectivity index (χ0v) is 10.8. The second-order valence-electron chi connectivity index (χ2n) is 3.53. The van der Waals surface area contributed by atoms with Gasteiger partial charge >= 0.3 is 0 Å². The number of nitrogens with one attached hydrogen (secondary N) is 2. The van der Waals surface area contributed by atoms with E-state index in [4.69, 9.17) is 0 Å². The van der Waals surface area contributed by atoms with Crippen LogP contribution < -0.4 is 5.32 Å². The predicted octanol–water partition coefficient (Wildman–Crippen LogP) is 2.13. The van der Waals surface area contributed by atoms with Gasteiger partial charge in [-0.1, -0.05) is 15.9 Å². The molecule has 0 atom stereocenters. The van der Waals surface area contributed by atoms with Gasteiger partial charge in [0.25, 0.3) is 5.69 Å². The number of benzene rings is 1. The van der Waals surface area contributed by atoms with Crippen molar-refractivity contribution in [3.63, 3.8) is 0 Å². The fraction of sp³-hybridized carbons (Fsp3) is 0.200. The van der Waals surface area contributed by atoms with Crippen LogP contribution >= 0.6 is 15.9 Å². The first kappa shape index (κ1) is 12.5. The third-order valence-corrected chi connectivity index (χ3v) is 2.79. The number of rotatable bonds is 5. The molecule has 7 nitrogen and oxygen atoms in total. The Kier molecular flexibility index (Phi) is 3.88. The lowest BCUT2D eigenvalue weighted by Crippen LogP contribution is -2.07. The molecule has 0 amide bonds. The molecule has 0 aliphatic carbocycles. The minimum Gasteiger partial charge on any atom is -0.379 e. The van der Waals surface area contributed by atoms with Gasteiger partial charge in [-0.2, -0.15) is 5.10 Å². The van der Waals surface area contributed by atoms with E-state index in [1.54, 1.807) is 12.1 Å². The second-order valence-corrected chi connectivity index (χ2v) is 4.44. The SMILES string of the molecule is O=[N+]([O-])c1ccc(Br)cc1NCCc1ncn[nH]1. The number of hydrogen-bond donors (Lipinski definition) is 2. The maximum absolute atomic E-state index is 10.8. The van der Waals surface area contributed by atoms with Crippen LogP contribution in [-0.2, 0) is 6.42 Å². The topological polar surface area (TPSA) is 96.7 Å². The Balaban J connectivity index is 2.03. The molecule has 1 aromatic carbocycles. The zero-order valence-electron chi connectivity index (χ0n) is 9.26. The van der Waals surface area contributed by atoms with Crippen LogP contribution in [0.25, 0.3) is 0 Å². The molecular formula is C10H10BrN5O2. The number of anilines is 1. The normalized spacial score (nSPS) is 10.3. The molecule has 0 aliphatic heterocycles. The van der Waals surface area contributed by atoms with Crippen molar-refractivity contribution in [2.24, 2.45) is 0 Å². The van der Waals surface area contributed by atoms with E-state index in [-0.39, 0.29) is 5.69 Å². The summed E-state index contributed by atoms with van der Waals surface area (Å²) in [5.74, 6) is 0.736. The van der Waals surface area contributed by atoms with E-state index in [9.17, 15) is 10.1 Å². The quantitative estimate of drug-likeness (QED) is 0.651. The highest BCUT2D eigenvalue weighted by molar-refractivity contribution is 9.10. The minimum absolute atomic E-state index is 0.0516. The standard InChI is InChI=1S/C10H10BrN5O2/c11-7-1-2-9(16(17)18)8(5-7)12-4-3-10-13-6-14-15-10/h1-2,5-6,12H,3-4H2,(H,13,14,15). The molecule has 18 heavy (non-hydrogen) atoms. The van der Waals surface area contributed by atoms with Gasteiger partial charge in [-0.25, -0.2) is 4.98 Å². The smallest absolute Gasteiger partial charge is 0.292 e. The molecule has 0 spiro atoms. The number of H-pyrrole nitrogens is 1. The second kappa shape index (κ2) is 5.58. The lowest BCUT2D eigenvalue weighted by atomic mass is 10.2. The van der Waals surface area contributed by atoms with Gasteiger partial charge in [0.15, 0.2) is 0 Å². The maximum Gasteiger partial charge on any atom is 0.292 e. The highest BCUT2D eigenvalue weighted by Gasteiger charge is 2.13. The van der Waals surface area contributed by atoms with Crippen molar-refractivity contribution < 1.29 is 4.92 Å². The van der Waals surface area contributed by atoms with Crippen molar-refractivity contribution in [2.75, 3.05) is 11.9 Å². The van der Waals surface area contributed by atoms with Gasteiger partial charge < -0.3 is 5.32 Å². The van der Waals surface area contributed by atoms with E-state index in [1.165, 1.54) is 12.4 Å². The van der Waals surface area contributed by atoms with E-state index in [2.05, 4.69) is 36.4 Å². The Morgan fingerprint density at radius 1 is 1.50 bits per heavy atom. The molecule has 0 radical (unpaired) electrons. The van der Waals surface area contributed by atoms with Gasteiger partial charge in [-0.15, -0.1) is 0 Å². The van der Waals surface area contributed by atoms with Gasteiger partial charge in [-0.05, 0) is 12.1 Å². The summed E-state index contributed by atoms with van der Waals surface area (Å²) < 4.78 is 0.787. The molecule has 0 aliphatic rings.